The third-order valence-electron chi connectivity index (χ3n) is 1.15. The van der Waals surface area contributed by atoms with Crippen LogP contribution >= 0.6 is 0 Å². The maximum atomic E-state index is 8.89. The number of aromatic nitrogens is 2. The molecule has 0 fully saturated rings. The number of nitrogens with zero attached hydrogens (tertiary/aromatic N) is 2. The van der Waals surface area contributed by atoms with Crippen molar-refractivity contribution in [2.45, 2.75) is 13.3 Å². The van der Waals surface area contributed by atoms with E-state index in [2.05, 4.69) is 9.97 Å². The zero-order valence-corrected chi connectivity index (χ0v) is 5.70. The van der Waals surface area contributed by atoms with Crippen molar-refractivity contribution in [3.63, 3.8) is 0 Å². The van der Waals surface area contributed by atoms with Gasteiger partial charge in [-0.1, -0.05) is 6.92 Å². The number of anilines is 1. The summed E-state index contributed by atoms with van der Waals surface area (Å²) in [6.07, 6.45) is 0.750. The van der Waals surface area contributed by atoms with Crippen LogP contribution in [-0.4, -0.2) is 15.1 Å². The highest BCUT2D eigenvalue weighted by molar-refractivity contribution is 5.24. The second kappa shape index (κ2) is 2.51. The van der Waals surface area contributed by atoms with Gasteiger partial charge in [-0.2, -0.15) is 4.98 Å². The second-order valence-corrected chi connectivity index (χ2v) is 1.93. The molecule has 54 valence electrons. The average molecular weight is 139 g/mol. The normalized spacial score (nSPS) is 9.70. The van der Waals surface area contributed by atoms with Gasteiger partial charge in [-0.05, 0) is 6.42 Å². The summed E-state index contributed by atoms with van der Waals surface area (Å²) in [7, 11) is 0. The summed E-state index contributed by atoms with van der Waals surface area (Å²) < 4.78 is 0. The van der Waals surface area contributed by atoms with E-state index in [1.165, 1.54) is 6.07 Å². The Labute approximate surface area is 58.7 Å². The average Bonchev–Trinajstić information content (AvgIpc) is 1.85. The molecule has 0 spiro atoms. The van der Waals surface area contributed by atoms with Crippen molar-refractivity contribution in [1.82, 2.24) is 9.97 Å². The summed E-state index contributed by atoms with van der Waals surface area (Å²) in [6.45, 7) is 1.93. The molecule has 1 rings (SSSR count). The molecule has 0 aliphatic carbocycles. The third kappa shape index (κ3) is 1.34. The van der Waals surface area contributed by atoms with Crippen LogP contribution in [0.2, 0.25) is 0 Å². The van der Waals surface area contributed by atoms with Crippen molar-refractivity contribution in [3.05, 3.63) is 11.8 Å². The summed E-state index contributed by atoms with van der Waals surface area (Å²) in [5.41, 5.74) is 6.01. The molecule has 0 saturated carbocycles. The Hall–Kier alpha value is -1.32. The highest BCUT2D eigenvalue weighted by Gasteiger charge is 1.96. The van der Waals surface area contributed by atoms with Gasteiger partial charge < -0.3 is 10.8 Å². The summed E-state index contributed by atoms with van der Waals surface area (Å²) >= 11 is 0. The first-order valence-corrected chi connectivity index (χ1v) is 3.04. The summed E-state index contributed by atoms with van der Waals surface area (Å²) in [5, 5.41) is 8.89. The molecule has 0 amide bonds. The molecule has 0 aromatic carbocycles. The predicted octanol–water partition coefficient (Wildman–Crippen LogP) is 0.327. The van der Waals surface area contributed by atoms with E-state index in [0.29, 0.717) is 0 Å². The van der Waals surface area contributed by atoms with Crippen molar-refractivity contribution < 1.29 is 5.11 Å². The molecule has 4 nitrogen and oxygen atoms in total. The van der Waals surface area contributed by atoms with Crippen LogP contribution in [0.25, 0.3) is 0 Å². The molecule has 1 aromatic heterocycles. The van der Waals surface area contributed by atoms with Gasteiger partial charge in [0.2, 0.25) is 11.8 Å². The van der Waals surface area contributed by atoms with E-state index in [9.17, 15) is 0 Å². The second-order valence-electron chi connectivity index (χ2n) is 1.93. The highest BCUT2D eigenvalue weighted by Crippen LogP contribution is 2.07. The number of rotatable bonds is 1. The van der Waals surface area contributed by atoms with Crippen LogP contribution in [0.4, 0.5) is 5.95 Å². The number of nitrogens with two attached hydrogens (primary N) is 1. The molecular weight excluding hydrogens is 130 g/mol. The van der Waals surface area contributed by atoms with Crippen molar-refractivity contribution >= 4 is 5.95 Å². The molecule has 0 radical (unpaired) electrons. The van der Waals surface area contributed by atoms with E-state index in [-0.39, 0.29) is 11.8 Å². The van der Waals surface area contributed by atoms with Crippen LogP contribution in [0.3, 0.4) is 0 Å². The van der Waals surface area contributed by atoms with Crippen LogP contribution in [0, 0.1) is 0 Å². The molecule has 0 aliphatic heterocycles. The zero-order valence-electron chi connectivity index (χ0n) is 5.70. The Bertz CT molecular complexity index is 216. The lowest BCUT2D eigenvalue weighted by molar-refractivity contribution is 0.452. The van der Waals surface area contributed by atoms with E-state index in [1.807, 2.05) is 6.92 Å². The molecule has 1 heterocycles. The fourth-order valence-corrected chi connectivity index (χ4v) is 0.684. The van der Waals surface area contributed by atoms with Crippen molar-refractivity contribution in [3.8, 4) is 5.88 Å². The van der Waals surface area contributed by atoms with Crippen molar-refractivity contribution in [2.24, 2.45) is 0 Å². The first-order valence-electron chi connectivity index (χ1n) is 3.04. The quantitative estimate of drug-likeness (QED) is 0.588. The molecule has 4 heteroatoms. The van der Waals surface area contributed by atoms with E-state index < -0.39 is 0 Å². The number of aryl methyl sites for hydroxylation is 1. The van der Waals surface area contributed by atoms with Gasteiger partial charge in [0.05, 0.1) is 0 Å². The molecule has 10 heavy (non-hydrogen) atoms. The van der Waals surface area contributed by atoms with Crippen molar-refractivity contribution in [1.29, 1.82) is 0 Å². The summed E-state index contributed by atoms with van der Waals surface area (Å²) in [5.74, 6) is 0.0567. The summed E-state index contributed by atoms with van der Waals surface area (Å²) in [4.78, 5) is 7.36. The fourth-order valence-electron chi connectivity index (χ4n) is 0.684. The van der Waals surface area contributed by atoms with E-state index in [4.69, 9.17) is 10.8 Å². The van der Waals surface area contributed by atoms with Gasteiger partial charge in [0.1, 0.15) is 0 Å². The molecular formula is C6H9N3O. The largest absolute Gasteiger partial charge is 0.493 e. The van der Waals surface area contributed by atoms with Crippen LogP contribution in [0.1, 0.15) is 12.6 Å². The van der Waals surface area contributed by atoms with Crippen LogP contribution < -0.4 is 5.73 Å². The van der Waals surface area contributed by atoms with Crippen LogP contribution in [-0.2, 0) is 6.42 Å². The van der Waals surface area contributed by atoms with Gasteiger partial charge in [-0.25, -0.2) is 4.98 Å². The van der Waals surface area contributed by atoms with Gasteiger partial charge in [0, 0.05) is 11.8 Å². The zero-order chi connectivity index (χ0) is 7.56. The van der Waals surface area contributed by atoms with Gasteiger partial charge in [0.15, 0.2) is 0 Å². The SMILES string of the molecule is CCc1cc(O)nc(N)n1. The number of aromatic hydroxyl groups is 1. The Kier molecular flexibility index (Phi) is 1.71. The lowest BCUT2D eigenvalue weighted by Gasteiger charge is -1.96. The maximum Gasteiger partial charge on any atom is 0.223 e. The Balaban J connectivity index is 3.06. The lowest BCUT2D eigenvalue weighted by Crippen LogP contribution is -1.97. The molecule has 0 unspecified atom stereocenters. The number of nitrogen functional groups attached to an aromatic ring is 1. The van der Waals surface area contributed by atoms with E-state index in [1.54, 1.807) is 0 Å². The monoisotopic (exact) mass is 139 g/mol. The first-order chi connectivity index (χ1) is 4.72. The molecule has 3 N–H and O–H groups in total. The molecule has 0 aliphatic rings. The minimum atomic E-state index is -0.0654. The van der Waals surface area contributed by atoms with E-state index >= 15 is 0 Å². The predicted molar refractivity (Wildman–Crippen MR) is 37.5 cm³/mol. The lowest BCUT2D eigenvalue weighted by atomic mass is 10.3. The fraction of sp³-hybridized carbons (Fsp3) is 0.333. The molecule has 0 bridgehead atoms. The minimum absolute atomic E-state index is 0.0654. The Morgan fingerprint density at radius 2 is 2.30 bits per heavy atom. The molecule has 0 saturated heterocycles. The highest BCUT2D eigenvalue weighted by atomic mass is 16.3. The third-order valence-corrected chi connectivity index (χ3v) is 1.15. The smallest absolute Gasteiger partial charge is 0.223 e. The number of hydrogen-bond acceptors (Lipinski definition) is 4. The van der Waals surface area contributed by atoms with Crippen LogP contribution in [0.15, 0.2) is 6.07 Å². The Morgan fingerprint density at radius 3 is 2.80 bits per heavy atom. The molecule has 0 atom stereocenters. The molecule has 1 aromatic rings. The van der Waals surface area contributed by atoms with Crippen LogP contribution in [0.5, 0.6) is 5.88 Å². The topological polar surface area (TPSA) is 72.0 Å². The van der Waals surface area contributed by atoms with E-state index in [0.717, 1.165) is 12.1 Å². The Morgan fingerprint density at radius 1 is 1.60 bits per heavy atom. The standard InChI is InChI=1S/C6H9N3O/c1-2-4-3-5(10)9-6(7)8-4/h3H,2H2,1H3,(H3,7,8,9,10). The van der Waals surface area contributed by atoms with Crippen molar-refractivity contribution in [2.75, 3.05) is 5.73 Å². The van der Waals surface area contributed by atoms with Gasteiger partial charge in [-0.15, -0.1) is 0 Å². The number of hydrogen-bond donors (Lipinski definition) is 2. The van der Waals surface area contributed by atoms with Gasteiger partial charge in [-0.3, -0.25) is 0 Å². The maximum absolute atomic E-state index is 8.89. The van der Waals surface area contributed by atoms with Gasteiger partial charge in [0.25, 0.3) is 0 Å². The first kappa shape index (κ1) is 6.80. The minimum Gasteiger partial charge on any atom is -0.493 e. The summed E-state index contributed by atoms with van der Waals surface area (Å²) in [6, 6.07) is 1.50. The van der Waals surface area contributed by atoms with Gasteiger partial charge >= 0.3 is 0 Å².